The van der Waals surface area contributed by atoms with Crippen molar-refractivity contribution in [2.75, 3.05) is 25.5 Å². The summed E-state index contributed by atoms with van der Waals surface area (Å²) in [5, 5.41) is 0.152. The van der Waals surface area contributed by atoms with Crippen LogP contribution in [-0.2, 0) is 4.79 Å². The summed E-state index contributed by atoms with van der Waals surface area (Å²) in [6.07, 6.45) is 1.75. The third-order valence-electron chi connectivity index (χ3n) is 5.61. The van der Waals surface area contributed by atoms with Gasteiger partial charge in [0.15, 0.2) is 16.7 Å². The summed E-state index contributed by atoms with van der Waals surface area (Å²) in [5.41, 5.74) is 1.86. The first kappa shape index (κ1) is 20.1. The lowest BCUT2D eigenvalue weighted by Gasteiger charge is -2.26. The number of hydrogen-bond donors (Lipinski definition) is 0. The zero-order chi connectivity index (χ0) is 21.4. The molecule has 1 aromatic heterocycles. The van der Waals surface area contributed by atoms with E-state index in [9.17, 15) is 13.6 Å². The molecule has 3 heterocycles. The quantitative estimate of drug-likeness (QED) is 0.535. The molecule has 2 aliphatic heterocycles. The Kier molecular flexibility index (Phi) is 5.43. The monoisotopic (exact) mass is 445 g/mol. The van der Waals surface area contributed by atoms with Crippen molar-refractivity contribution in [3.05, 3.63) is 48.0 Å². The van der Waals surface area contributed by atoms with Crippen LogP contribution in [0.15, 0.2) is 47.6 Å². The Labute approximate surface area is 182 Å². The van der Waals surface area contributed by atoms with E-state index in [0.29, 0.717) is 42.3 Å². The number of thioether (sulfide) groups is 1. The van der Waals surface area contributed by atoms with Crippen LogP contribution in [0.25, 0.3) is 11.0 Å². The number of para-hydroxylation sites is 2. The average Bonchev–Trinajstić information content (AvgIpc) is 3.42. The van der Waals surface area contributed by atoms with Crippen molar-refractivity contribution in [2.45, 2.75) is 30.6 Å². The largest absolute Gasteiger partial charge is 0.486 e. The highest BCUT2D eigenvalue weighted by Gasteiger charge is 2.31. The van der Waals surface area contributed by atoms with Gasteiger partial charge in [0.1, 0.15) is 13.2 Å². The molecule has 31 heavy (non-hydrogen) atoms. The summed E-state index contributed by atoms with van der Waals surface area (Å²) in [6.45, 7) is -1.04. The molecule has 9 heteroatoms. The molecule has 1 fully saturated rings. The molecule has 0 aliphatic carbocycles. The number of carbonyl (C=O) groups excluding carboxylic acids is 1. The molecule has 0 spiro atoms. The number of imidazole rings is 1. The fraction of sp³-hybridized carbons (Fsp3) is 0.364. The second kappa shape index (κ2) is 8.37. The van der Waals surface area contributed by atoms with Crippen molar-refractivity contribution < 1.29 is 23.0 Å². The molecule has 6 nitrogen and oxygen atoms in total. The molecule has 0 bridgehead atoms. The maximum absolute atomic E-state index is 13.6. The minimum atomic E-state index is -2.72. The fourth-order valence-electron chi connectivity index (χ4n) is 4.20. The Morgan fingerprint density at radius 2 is 1.97 bits per heavy atom. The van der Waals surface area contributed by atoms with Crippen molar-refractivity contribution in [1.29, 1.82) is 0 Å². The molecule has 2 aliphatic rings. The van der Waals surface area contributed by atoms with Crippen molar-refractivity contribution in [3.63, 3.8) is 0 Å². The fourth-order valence-corrected chi connectivity index (χ4v) is 5.10. The number of benzene rings is 2. The van der Waals surface area contributed by atoms with E-state index >= 15 is 0 Å². The summed E-state index contributed by atoms with van der Waals surface area (Å²) < 4.78 is 39.4. The van der Waals surface area contributed by atoms with E-state index in [1.807, 2.05) is 23.1 Å². The third kappa shape index (κ3) is 3.82. The SMILES string of the molecule is O=C(CSc1nc2ccccc2n1C(F)F)N1CCCC1c1ccc2c(c1)OCCO2. The van der Waals surface area contributed by atoms with Gasteiger partial charge in [-0.1, -0.05) is 30.0 Å². The van der Waals surface area contributed by atoms with Crippen LogP contribution in [0.2, 0.25) is 0 Å². The topological polar surface area (TPSA) is 56.6 Å². The normalized spacial score (nSPS) is 18.2. The molecule has 162 valence electrons. The second-order valence-electron chi connectivity index (χ2n) is 7.47. The summed E-state index contributed by atoms with van der Waals surface area (Å²) in [4.78, 5) is 19.1. The summed E-state index contributed by atoms with van der Waals surface area (Å²) >= 11 is 1.05. The molecule has 1 saturated heterocycles. The predicted molar refractivity (Wildman–Crippen MR) is 113 cm³/mol. The first-order chi connectivity index (χ1) is 15.1. The molecule has 2 aromatic carbocycles. The molecule has 0 N–H and O–H groups in total. The van der Waals surface area contributed by atoms with E-state index in [1.165, 1.54) is 0 Å². The number of alkyl halides is 2. The zero-order valence-corrected chi connectivity index (χ0v) is 17.5. The Balaban J connectivity index is 1.33. The standard InChI is InChI=1S/C22H21F2N3O3S/c23-21(24)27-17-5-2-1-4-15(17)25-22(27)31-13-20(28)26-9-3-6-16(26)14-7-8-18-19(12-14)30-11-10-29-18/h1-2,4-5,7-8,12,16,21H,3,6,9-11,13H2. The van der Waals surface area contributed by atoms with E-state index in [-0.39, 0.29) is 22.9 Å². The van der Waals surface area contributed by atoms with Crippen LogP contribution in [-0.4, -0.2) is 45.9 Å². The van der Waals surface area contributed by atoms with Gasteiger partial charge < -0.3 is 14.4 Å². The summed E-state index contributed by atoms with van der Waals surface area (Å²) in [6, 6.07) is 12.5. The smallest absolute Gasteiger partial charge is 0.321 e. The maximum Gasteiger partial charge on any atom is 0.321 e. The third-order valence-corrected chi connectivity index (χ3v) is 6.54. The van der Waals surface area contributed by atoms with E-state index in [1.54, 1.807) is 24.3 Å². The van der Waals surface area contributed by atoms with Gasteiger partial charge in [0.25, 0.3) is 0 Å². The van der Waals surface area contributed by atoms with Gasteiger partial charge in [0.2, 0.25) is 5.91 Å². The molecule has 0 radical (unpaired) electrons. The van der Waals surface area contributed by atoms with Crippen LogP contribution >= 0.6 is 11.8 Å². The van der Waals surface area contributed by atoms with Gasteiger partial charge in [-0.25, -0.2) is 4.98 Å². The van der Waals surface area contributed by atoms with Gasteiger partial charge in [-0.3, -0.25) is 9.36 Å². The Hall–Kier alpha value is -2.81. The maximum atomic E-state index is 13.6. The lowest BCUT2D eigenvalue weighted by Crippen LogP contribution is -2.32. The number of halogens is 2. The number of carbonyl (C=O) groups is 1. The first-order valence-corrected chi connectivity index (χ1v) is 11.2. The van der Waals surface area contributed by atoms with Crippen LogP contribution in [0.1, 0.15) is 31.0 Å². The molecule has 5 rings (SSSR count). The van der Waals surface area contributed by atoms with Gasteiger partial charge in [0, 0.05) is 6.54 Å². The van der Waals surface area contributed by atoms with Crippen LogP contribution in [0, 0.1) is 0 Å². The zero-order valence-electron chi connectivity index (χ0n) is 16.7. The Bertz CT molecular complexity index is 1120. The number of ether oxygens (including phenoxy) is 2. The molecule has 0 saturated carbocycles. The Morgan fingerprint density at radius 3 is 2.81 bits per heavy atom. The molecule has 1 unspecified atom stereocenters. The number of aromatic nitrogens is 2. The first-order valence-electron chi connectivity index (χ1n) is 10.2. The minimum absolute atomic E-state index is 0.0527. The number of nitrogens with zero attached hydrogens (tertiary/aromatic N) is 3. The highest BCUT2D eigenvalue weighted by atomic mass is 32.2. The van der Waals surface area contributed by atoms with Crippen LogP contribution in [0.3, 0.4) is 0 Å². The van der Waals surface area contributed by atoms with Crippen molar-refractivity contribution in [2.24, 2.45) is 0 Å². The number of amides is 1. The van der Waals surface area contributed by atoms with Crippen LogP contribution in [0.4, 0.5) is 8.78 Å². The van der Waals surface area contributed by atoms with E-state index < -0.39 is 6.55 Å². The Morgan fingerprint density at radius 1 is 1.16 bits per heavy atom. The van der Waals surface area contributed by atoms with Gasteiger partial charge in [-0.05, 0) is 42.7 Å². The van der Waals surface area contributed by atoms with Crippen LogP contribution in [0.5, 0.6) is 11.5 Å². The van der Waals surface area contributed by atoms with Crippen molar-refractivity contribution >= 4 is 28.7 Å². The number of rotatable bonds is 5. The highest BCUT2D eigenvalue weighted by molar-refractivity contribution is 7.99. The lowest BCUT2D eigenvalue weighted by molar-refractivity contribution is -0.129. The summed E-state index contributed by atoms with van der Waals surface area (Å²) in [5.74, 6) is 1.38. The van der Waals surface area contributed by atoms with Gasteiger partial charge in [-0.15, -0.1) is 0 Å². The number of fused-ring (bicyclic) bond motifs is 2. The van der Waals surface area contributed by atoms with Gasteiger partial charge in [-0.2, -0.15) is 8.78 Å². The number of hydrogen-bond acceptors (Lipinski definition) is 5. The van der Waals surface area contributed by atoms with Gasteiger partial charge in [0.05, 0.1) is 22.8 Å². The lowest BCUT2D eigenvalue weighted by atomic mass is 10.0. The highest BCUT2D eigenvalue weighted by Crippen LogP contribution is 2.38. The van der Waals surface area contributed by atoms with Gasteiger partial charge >= 0.3 is 6.55 Å². The van der Waals surface area contributed by atoms with E-state index in [0.717, 1.165) is 34.7 Å². The van der Waals surface area contributed by atoms with Crippen molar-refractivity contribution in [1.82, 2.24) is 14.5 Å². The van der Waals surface area contributed by atoms with E-state index in [2.05, 4.69) is 4.98 Å². The molecular weight excluding hydrogens is 424 g/mol. The number of likely N-dealkylation sites (tertiary alicyclic amines) is 1. The molecule has 3 aromatic rings. The van der Waals surface area contributed by atoms with Crippen LogP contribution < -0.4 is 9.47 Å². The van der Waals surface area contributed by atoms with Crippen molar-refractivity contribution in [3.8, 4) is 11.5 Å². The minimum Gasteiger partial charge on any atom is -0.486 e. The molecular formula is C22H21F2N3O3S. The molecule has 1 atom stereocenters. The second-order valence-corrected chi connectivity index (χ2v) is 8.41. The molecule has 1 amide bonds. The predicted octanol–water partition coefficient (Wildman–Crippen LogP) is 4.66. The summed E-state index contributed by atoms with van der Waals surface area (Å²) in [7, 11) is 0. The van der Waals surface area contributed by atoms with E-state index in [4.69, 9.17) is 9.47 Å². The average molecular weight is 445 g/mol.